The molecular formula is C10H8ClN5O2S2. The third-order valence-electron chi connectivity index (χ3n) is 2.52. The van der Waals surface area contributed by atoms with E-state index in [2.05, 4.69) is 19.7 Å². The Kier molecular flexibility index (Phi) is 3.42. The Morgan fingerprint density at radius 3 is 3.05 bits per heavy atom. The van der Waals surface area contributed by atoms with Gasteiger partial charge in [0.1, 0.15) is 6.33 Å². The second-order valence-electron chi connectivity index (χ2n) is 3.79. The van der Waals surface area contributed by atoms with Crippen molar-refractivity contribution in [1.29, 1.82) is 0 Å². The number of nitrogens with zero attached hydrogens (tertiary/aromatic N) is 4. The third-order valence-corrected chi connectivity index (χ3v) is 5.08. The first kappa shape index (κ1) is 13.4. The zero-order valence-electron chi connectivity index (χ0n) is 9.89. The van der Waals surface area contributed by atoms with E-state index >= 15 is 0 Å². The predicted molar refractivity (Wildman–Crippen MR) is 74.1 cm³/mol. The molecule has 0 aromatic carbocycles. The number of sulfonamides is 1. The molecule has 0 fully saturated rings. The van der Waals surface area contributed by atoms with Crippen molar-refractivity contribution in [2.24, 2.45) is 0 Å². The van der Waals surface area contributed by atoms with Gasteiger partial charge in [0.25, 0.3) is 10.0 Å². The van der Waals surface area contributed by atoms with Crippen LogP contribution in [0.5, 0.6) is 0 Å². The van der Waals surface area contributed by atoms with Crippen LogP contribution in [0.2, 0.25) is 5.15 Å². The minimum atomic E-state index is -3.78. The van der Waals surface area contributed by atoms with Crippen LogP contribution in [0.25, 0.3) is 4.96 Å². The van der Waals surface area contributed by atoms with Crippen molar-refractivity contribution in [1.82, 2.24) is 24.1 Å². The van der Waals surface area contributed by atoms with Crippen LogP contribution < -0.4 is 4.72 Å². The fourth-order valence-corrected chi connectivity index (χ4v) is 4.08. The second-order valence-corrected chi connectivity index (χ2v) is 6.70. The van der Waals surface area contributed by atoms with Gasteiger partial charge in [-0.1, -0.05) is 11.6 Å². The second kappa shape index (κ2) is 5.09. The summed E-state index contributed by atoms with van der Waals surface area (Å²) >= 11 is 7.21. The molecule has 0 unspecified atom stereocenters. The Bertz CT molecular complexity index is 843. The van der Waals surface area contributed by atoms with E-state index in [1.54, 1.807) is 23.8 Å². The molecule has 7 nitrogen and oxygen atoms in total. The summed E-state index contributed by atoms with van der Waals surface area (Å²) in [4.78, 5) is 12.2. The average Bonchev–Trinajstić information content (AvgIpc) is 2.97. The number of aromatic nitrogens is 4. The van der Waals surface area contributed by atoms with E-state index in [4.69, 9.17) is 11.6 Å². The zero-order chi connectivity index (χ0) is 14.2. The number of fused-ring (bicyclic) bond motifs is 1. The lowest BCUT2D eigenvalue weighted by Crippen LogP contribution is -2.25. The van der Waals surface area contributed by atoms with Crippen molar-refractivity contribution < 1.29 is 8.42 Å². The molecule has 104 valence electrons. The molecule has 0 saturated heterocycles. The first-order valence-corrected chi connectivity index (χ1v) is 8.17. The van der Waals surface area contributed by atoms with Crippen LogP contribution in [0.15, 0.2) is 35.2 Å². The summed E-state index contributed by atoms with van der Waals surface area (Å²) in [7, 11) is -3.78. The normalized spacial score (nSPS) is 12.1. The predicted octanol–water partition coefficient (Wildman–Crippen LogP) is 1.32. The summed E-state index contributed by atoms with van der Waals surface area (Å²) in [5, 5.41) is 1.62. The van der Waals surface area contributed by atoms with Crippen molar-refractivity contribution in [3.63, 3.8) is 0 Å². The number of nitrogens with one attached hydrogen (secondary N) is 1. The monoisotopic (exact) mass is 329 g/mol. The van der Waals surface area contributed by atoms with Gasteiger partial charge in [0, 0.05) is 17.8 Å². The quantitative estimate of drug-likeness (QED) is 0.779. The van der Waals surface area contributed by atoms with E-state index in [1.807, 2.05) is 0 Å². The Balaban J connectivity index is 1.92. The summed E-state index contributed by atoms with van der Waals surface area (Å²) in [5.74, 6) is 0. The van der Waals surface area contributed by atoms with E-state index in [-0.39, 0.29) is 16.7 Å². The largest absolute Gasteiger partial charge is 0.279 e. The van der Waals surface area contributed by atoms with E-state index < -0.39 is 10.0 Å². The van der Waals surface area contributed by atoms with Crippen molar-refractivity contribution in [3.8, 4) is 0 Å². The number of hydrogen-bond donors (Lipinski definition) is 1. The van der Waals surface area contributed by atoms with Crippen LogP contribution in [0.4, 0.5) is 0 Å². The zero-order valence-corrected chi connectivity index (χ0v) is 12.3. The lowest BCUT2D eigenvalue weighted by molar-refractivity contribution is 0.575. The summed E-state index contributed by atoms with van der Waals surface area (Å²) in [6.45, 7) is 0.0541. The van der Waals surface area contributed by atoms with E-state index in [1.165, 1.54) is 22.1 Å². The van der Waals surface area contributed by atoms with E-state index in [9.17, 15) is 8.42 Å². The molecule has 0 aliphatic rings. The molecule has 3 aromatic heterocycles. The van der Waals surface area contributed by atoms with Crippen molar-refractivity contribution >= 4 is 37.9 Å². The smallest absolute Gasteiger partial charge is 0.260 e. The first-order valence-electron chi connectivity index (χ1n) is 5.43. The molecule has 0 spiro atoms. The maximum Gasteiger partial charge on any atom is 0.260 e. The molecule has 3 heterocycles. The Hall–Kier alpha value is -1.55. The number of thiazole rings is 1. The lowest BCUT2D eigenvalue weighted by Gasteiger charge is -2.05. The van der Waals surface area contributed by atoms with Gasteiger partial charge in [-0.3, -0.25) is 4.40 Å². The first-order chi connectivity index (χ1) is 9.58. The number of halogens is 1. The fraction of sp³-hybridized carbons (Fsp3) is 0.100. The van der Waals surface area contributed by atoms with Gasteiger partial charge in [-0.25, -0.2) is 28.1 Å². The molecule has 0 saturated carbocycles. The molecule has 0 atom stereocenters. The molecule has 10 heteroatoms. The molecule has 0 aliphatic heterocycles. The minimum absolute atomic E-state index is 0.0490. The molecule has 20 heavy (non-hydrogen) atoms. The van der Waals surface area contributed by atoms with Gasteiger partial charge in [0.2, 0.25) is 0 Å². The van der Waals surface area contributed by atoms with Crippen molar-refractivity contribution in [3.05, 3.63) is 41.0 Å². The van der Waals surface area contributed by atoms with Crippen LogP contribution in [-0.4, -0.2) is 27.8 Å². The van der Waals surface area contributed by atoms with Crippen LogP contribution in [0.3, 0.4) is 0 Å². The van der Waals surface area contributed by atoms with Gasteiger partial charge in [0.15, 0.2) is 15.1 Å². The standard InChI is InChI=1S/C10H8ClN5O2S2/c11-8-9(16-3-4-19-10(16)15-8)20(17,18)14-5-7-1-2-12-6-13-7/h1-4,6,14H,5H2. The molecule has 0 radical (unpaired) electrons. The van der Waals surface area contributed by atoms with E-state index in [0.717, 1.165) is 0 Å². The number of imidazole rings is 1. The highest BCUT2D eigenvalue weighted by atomic mass is 35.5. The van der Waals surface area contributed by atoms with Crippen LogP contribution >= 0.6 is 22.9 Å². The highest BCUT2D eigenvalue weighted by Crippen LogP contribution is 2.25. The maximum atomic E-state index is 12.3. The van der Waals surface area contributed by atoms with E-state index in [0.29, 0.717) is 10.7 Å². The Labute approximate surface area is 123 Å². The molecule has 0 bridgehead atoms. The van der Waals surface area contributed by atoms with Gasteiger partial charge < -0.3 is 0 Å². The van der Waals surface area contributed by atoms with Gasteiger partial charge >= 0.3 is 0 Å². The highest BCUT2D eigenvalue weighted by Gasteiger charge is 2.24. The number of hydrogen-bond acceptors (Lipinski definition) is 6. The van der Waals surface area contributed by atoms with Crippen LogP contribution in [0, 0.1) is 0 Å². The summed E-state index contributed by atoms with van der Waals surface area (Å²) in [6.07, 6.45) is 4.50. The molecule has 1 N–H and O–H groups in total. The van der Waals surface area contributed by atoms with Crippen molar-refractivity contribution in [2.75, 3.05) is 0 Å². The maximum absolute atomic E-state index is 12.3. The van der Waals surface area contributed by atoms with Crippen molar-refractivity contribution in [2.45, 2.75) is 11.6 Å². The van der Waals surface area contributed by atoms with Gasteiger partial charge in [0.05, 0.1) is 12.2 Å². The Morgan fingerprint density at radius 2 is 2.30 bits per heavy atom. The van der Waals surface area contributed by atoms with Gasteiger partial charge in [-0.05, 0) is 6.07 Å². The summed E-state index contributed by atoms with van der Waals surface area (Å²) < 4.78 is 28.5. The topological polar surface area (TPSA) is 89.2 Å². The Morgan fingerprint density at radius 1 is 1.45 bits per heavy atom. The average molecular weight is 330 g/mol. The highest BCUT2D eigenvalue weighted by molar-refractivity contribution is 7.89. The fourth-order valence-electron chi connectivity index (χ4n) is 1.64. The lowest BCUT2D eigenvalue weighted by atomic mass is 10.4. The molecule has 0 aliphatic carbocycles. The van der Waals surface area contributed by atoms with Crippen LogP contribution in [-0.2, 0) is 16.6 Å². The molecule has 3 rings (SSSR count). The van der Waals surface area contributed by atoms with Gasteiger partial charge in [-0.2, -0.15) is 0 Å². The number of rotatable bonds is 4. The SMILES string of the molecule is O=S(=O)(NCc1ccncn1)c1c(Cl)nc2sccn12. The third kappa shape index (κ3) is 2.40. The molecule has 3 aromatic rings. The summed E-state index contributed by atoms with van der Waals surface area (Å²) in [5.41, 5.74) is 0.561. The minimum Gasteiger partial charge on any atom is -0.279 e. The summed E-state index contributed by atoms with van der Waals surface area (Å²) in [6, 6.07) is 1.63. The van der Waals surface area contributed by atoms with Crippen LogP contribution in [0.1, 0.15) is 5.69 Å². The molecule has 0 amide bonds. The molecular weight excluding hydrogens is 322 g/mol. The van der Waals surface area contributed by atoms with Gasteiger partial charge in [-0.15, -0.1) is 11.3 Å².